The molecular formula is C19H17F3N4O. The molecule has 0 amide bonds. The summed E-state index contributed by atoms with van der Waals surface area (Å²) >= 11 is 0. The predicted molar refractivity (Wildman–Crippen MR) is 97.1 cm³/mol. The van der Waals surface area contributed by atoms with Gasteiger partial charge in [-0.05, 0) is 54.4 Å². The van der Waals surface area contributed by atoms with E-state index in [1.807, 2.05) is 12.1 Å². The van der Waals surface area contributed by atoms with Crippen LogP contribution >= 0.6 is 0 Å². The summed E-state index contributed by atoms with van der Waals surface area (Å²) in [4.78, 5) is 8.36. The summed E-state index contributed by atoms with van der Waals surface area (Å²) in [5.41, 5.74) is 0.820. The molecule has 1 heterocycles. The van der Waals surface area contributed by atoms with E-state index in [1.54, 1.807) is 24.4 Å². The first-order valence-electron chi connectivity index (χ1n) is 8.19. The lowest BCUT2D eigenvalue weighted by Crippen LogP contribution is -2.08. The van der Waals surface area contributed by atoms with E-state index in [4.69, 9.17) is 0 Å². The number of hydrogen-bond acceptors (Lipinski definition) is 5. The van der Waals surface area contributed by atoms with Gasteiger partial charge in [0.25, 0.3) is 0 Å². The Morgan fingerprint density at radius 2 is 1.63 bits per heavy atom. The Bertz CT molecular complexity index is 881. The first-order chi connectivity index (χ1) is 12.9. The molecule has 0 bridgehead atoms. The van der Waals surface area contributed by atoms with Crippen LogP contribution in [-0.2, 0) is 12.6 Å². The van der Waals surface area contributed by atoms with Crippen molar-refractivity contribution in [2.45, 2.75) is 12.6 Å². The van der Waals surface area contributed by atoms with Crippen LogP contribution in [0.3, 0.4) is 0 Å². The van der Waals surface area contributed by atoms with Gasteiger partial charge < -0.3 is 15.7 Å². The molecule has 27 heavy (non-hydrogen) atoms. The van der Waals surface area contributed by atoms with Crippen LogP contribution in [0.2, 0.25) is 0 Å². The molecule has 3 aromatic rings. The number of aromatic hydroxyl groups is 1. The van der Waals surface area contributed by atoms with Gasteiger partial charge in [-0.25, -0.2) is 4.98 Å². The van der Waals surface area contributed by atoms with Gasteiger partial charge in [0.15, 0.2) is 0 Å². The number of benzene rings is 2. The third kappa shape index (κ3) is 5.34. The van der Waals surface area contributed by atoms with Gasteiger partial charge in [0, 0.05) is 18.4 Å². The Morgan fingerprint density at radius 1 is 0.926 bits per heavy atom. The number of phenols is 1. The van der Waals surface area contributed by atoms with E-state index in [9.17, 15) is 18.3 Å². The molecule has 1 aromatic heterocycles. The van der Waals surface area contributed by atoms with Crippen molar-refractivity contribution >= 4 is 17.5 Å². The van der Waals surface area contributed by atoms with Crippen LogP contribution in [0, 0.1) is 0 Å². The van der Waals surface area contributed by atoms with Crippen molar-refractivity contribution < 1.29 is 18.3 Å². The minimum atomic E-state index is -4.36. The van der Waals surface area contributed by atoms with Crippen LogP contribution < -0.4 is 10.6 Å². The van der Waals surface area contributed by atoms with Crippen molar-refractivity contribution in [3.63, 3.8) is 0 Å². The second-order valence-corrected chi connectivity index (χ2v) is 5.81. The molecule has 2 aromatic carbocycles. The molecule has 140 valence electrons. The number of aromatic nitrogens is 2. The van der Waals surface area contributed by atoms with Gasteiger partial charge in [-0.15, -0.1) is 0 Å². The Morgan fingerprint density at radius 3 is 2.30 bits per heavy atom. The van der Waals surface area contributed by atoms with Crippen LogP contribution in [0.15, 0.2) is 60.8 Å². The summed E-state index contributed by atoms with van der Waals surface area (Å²) in [6.45, 7) is 0.626. The molecule has 0 aliphatic heterocycles. The molecule has 0 saturated carbocycles. The van der Waals surface area contributed by atoms with E-state index >= 15 is 0 Å². The third-order valence-electron chi connectivity index (χ3n) is 3.78. The molecule has 0 fully saturated rings. The van der Waals surface area contributed by atoms with E-state index in [-0.39, 0.29) is 11.7 Å². The minimum absolute atomic E-state index is 0.224. The standard InChI is InChI=1S/C19H17F3N4O/c20-19(21,22)14-3-5-15(6-4-14)25-18-24-12-10-17(26-18)23-11-9-13-1-7-16(27)8-2-13/h1-8,10,12,27H,9,11H2,(H2,23,24,25,26). The van der Waals surface area contributed by atoms with E-state index in [0.29, 0.717) is 18.1 Å². The Hall–Kier alpha value is -3.29. The highest BCUT2D eigenvalue weighted by Gasteiger charge is 2.29. The van der Waals surface area contributed by atoms with Crippen molar-refractivity contribution in [3.05, 3.63) is 71.9 Å². The maximum absolute atomic E-state index is 12.6. The maximum atomic E-state index is 12.6. The van der Waals surface area contributed by atoms with E-state index in [2.05, 4.69) is 20.6 Å². The zero-order chi connectivity index (χ0) is 19.3. The zero-order valence-corrected chi connectivity index (χ0v) is 14.2. The smallest absolute Gasteiger partial charge is 0.416 e. The SMILES string of the molecule is Oc1ccc(CCNc2ccnc(Nc3ccc(C(F)(F)F)cc3)n2)cc1. The molecule has 0 radical (unpaired) electrons. The highest BCUT2D eigenvalue weighted by molar-refractivity contribution is 5.55. The first kappa shape index (κ1) is 18.5. The van der Waals surface area contributed by atoms with Crippen LogP contribution in [0.4, 0.5) is 30.6 Å². The lowest BCUT2D eigenvalue weighted by molar-refractivity contribution is -0.137. The Kier molecular flexibility index (Phi) is 5.44. The number of anilines is 3. The van der Waals surface area contributed by atoms with Gasteiger partial charge in [0.1, 0.15) is 11.6 Å². The van der Waals surface area contributed by atoms with Gasteiger partial charge >= 0.3 is 6.18 Å². The summed E-state index contributed by atoms with van der Waals surface area (Å²) in [6, 6.07) is 13.3. The molecule has 3 rings (SSSR count). The summed E-state index contributed by atoms with van der Waals surface area (Å²) in [5.74, 6) is 1.10. The molecule has 0 aliphatic rings. The Labute approximate surface area is 153 Å². The average Bonchev–Trinajstić information content (AvgIpc) is 2.63. The van der Waals surface area contributed by atoms with Crippen LogP contribution in [-0.4, -0.2) is 21.6 Å². The number of phenolic OH excluding ortho intramolecular Hbond substituents is 1. The molecule has 0 atom stereocenters. The van der Waals surface area contributed by atoms with Crippen LogP contribution in [0.1, 0.15) is 11.1 Å². The molecule has 0 spiro atoms. The highest BCUT2D eigenvalue weighted by Crippen LogP contribution is 2.30. The summed E-state index contributed by atoms with van der Waals surface area (Å²) in [6.07, 6.45) is -2.06. The second-order valence-electron chi connectivity index (χ2n) is 5.81. The van der Waals surface area contributed by atoms with Gasteiger partial charge in [-0.1, -0.05) is 12.1 Å². The van der Waals surface area contributed by atoms with Crippen molar-refractivity contribution in [1.29, 1.82) is 0 Å². The first-order valence-corrected chi connectivity index (χ1v) is 8.19. The summed E-state index contributed by atoms with van der Waals surface area (Å²) in [5, 5.41) is 15.3. The van der Waals surface area contributed by atoms with Crippen LogP contribution in [0.5, 0.6) is 5.75 Å². The van der Waals surface area contributed by atoms with Gasteiger partial charge in [0.2, 0.25) is 5.95 Å². The molecule has 8 heteroatoms. The molecule has 5 nitrogen and oxygen atoms in total. The van der Waals surface area contributed by atoms with Gasteiger partial charge in [-0.2, -0.15) is 18.2 Å². The number of hydrogen-bond donors (Lipinski definition) is 3. The van der Waals surface area contributed by atoms with Crippen molar-refractivity contribution in [2.75, 3.05) is 17.2 Å². The normalized spacial score (nSPS) is 11.2. The summed E-state index contributed by atoms with van der Waals surface area (Å²) < 4.78 is 37.8. The largest absolute Gasteiger partial charge is 0.508 e. The lowest BCUT2D eigenvalue weighted by atomic mass is 10.1. The monoisotopic (exact) mass is 374 g/mol. The lowest BCUT2D eigenvalue weighted by Gasteiger charge is -2.10. The maximum Gasteiger partial charge on any atom is 0.416 e. The molecule has 0 aliphatic carbocycles. The molecular weight excluding hydrogens is 357 g/mol. The van der Waals surface area contributed by atoms with E-state index in [0.717, 1.165) is 24.1 Å². The fraction of sp³-hybridized carbons (Fsp3) is 0.158. The molecule has 0 saturated heterocycles. The van der Waals surface area contributed by atoms with E-state index < -0.39 is 11.7 Å². The zero-order valence-electron chi connectivity index (χ0n) is 14.2. The third-order valence-corrected chi connectivity index (χ3v) is 3.78. The molecule has 0 unspecified atom stereocenters. The predicted octanol–water partition coefficient (Wildman–Crippen LogP) is 4.60. The van der Waals surface area contributed by atoms with Gasteiger partial charge in [0.05, 0.1) is 5.56 Å². The van der Waals surface area contributed by atoms with Crippen molar-refractivity contribution in [3.8, 4) is 5.75 Å². The minimum Gasteiger partial charge on any atom is -0.508 e. The topological polar surface area (TPSA) is 70.1 Å². The number of alkyl halides is 3. The summed E-state index contributed by atoms with van der Waals surface area (Å²) in [7, 11) is 0. The van der Waals surface area contributed by atoms with Crippen molar-refractivity contribution in [2.24, 2.45) is 0 Å². The number of rotatable bonds is 6. The quantitative estimate of drug-likeness (QED) is 0.588. The van der Waals surface area contributed by atoms with Crippen LogP contribution in [0.25, 0.3) is 0 Å². The molecule has 3 N–H and O–H groups in total. The number of halogens is 3. The fourth-order valence-corrected chi connectivity index (χ4v) is 2.39. The number of nitrogens with zero attached hydrogens (tertiary/aromatic N) is 2. The number of nitrogens with one attached hydrogen (secondary N) is 2. The van der Waals surface area contributed by atoms with Crippen molar-refractivity contribution in [1.82, 2.24) is 9.97 Å². The second kappa shape index (κ2) is 7.94. The fourth-order valence-electron chi connectivity index (χ4n) is 2.39. The van der Waals surface area contributed by atoms with E-state index in [1.165, 1.54) is 12.1 Å². The average molecular weight is 374 g/mol. The van der Waals surface area contributed by atoms with Gasteiger partial charge in [-0.3, -0.25) is 0 Å². The Balaban J connectivity index is 1.57. The highest BCUT2D eigenvalue weighted by atomic mass is 19.4.